The van der Waals surface area contributed by atoms with E-state index in [1.165, 1.54) is 48.0 Å². The first-order chi connectivity index (χ1) is 24.9. The number of hydrogen-bond donors (Lipinski definition) is 5. The van der Waals surface area contributed by atoms with Crippen molar-refractivity contribution in [2.75, 3.05) is 17.8 Å². The number of allylic oxidation sites excluding steroid dienone is 2. The van der Waals surface area contributed by atoms with Crippen molar-refractivity contribution in [2.24, 2.45) is 5.92 Å². The van der Waals surface area contributed by atoms with E-state index in [1.807, 2.05) is 30.3 Å². The van der Waals surface area contributed by atoms with Gasteiger partial charge in [0.2, 0.25) is 11.7 Å². The molecule has 1 aliphatic carbocycles. The summed E-state index contributed by atoms with van der Waals surface area (Å²) in [6.07, 6.45) is 8.03. The van der Waals surface area contributed by atoms with Gasteiger partial charge in [0.05, 0.1) is 4.91 Å². The van der Waals surface area contributed by atoms with Gasteiger partial charge < -0.3 is 25.6 Å². The Bertz CT molecular complexity index is 1670. The van der Waals surface area contributed by atoms with Crippen LogP contribution >= 0.6 is 23.7 Å². The summed E-state index contributed by atoms with van der Waals surface area (Å²) < 4.78 is 9.48. The molecule has 52 heavy (non-hydrogen) atoms. The third kappa shape index (κ3) is 9.39. The quantitative estimate of drug-likeness (QED) is 0.127. The maximum atomic E-state index is 14.7. The monoisotopic (exact) mass is 752 g/mol. The number of anilines is 1. The Morgan fingerprint density at radius 3 is 2.19 bits per heavy atom. The molecule has 2 aromatic carbocycles. The molecule has 1 aliphatic heterocycles. The first-order valence-corrected chi connectivity index (χ1v) is 19.6. The number of carboxylic acid groups (broad SMARTS) is 1. The second-order valence-electron chi connectivity index (χ2n) is 13.2. The zero-order valence-electron chi connectivity index (χ0n) is 30.1. The summed E-state index contributed by atoms with van der Waals surface area (Å²) in [7, 11) is 0. The summed E-state index contributed by atoms with van der Waals surface area (Å²) in [5, 5.41) is 23.7. The number of aliphatic carboxylic acids is 1. The maximum Gasteiger partial charge on any atom is 0.326 e. The maximum absolute atomic E-state index is 14.7. The molecule has 2 aliphatic rings. The molecular weight excluding hydrogens is 705 g/mol. The molecular formula is C38H48N4O8S2. The molecule has 3 atom stereocenters. The minimum absolute atomic E-state index is 0.0554. The second-order valence-corrected chi connectivity index (χ2v) is 14.9. The van der Waals surface area contributed by atoms with Gasteiger partial charge in [-0.2, -0.15) is 0 Å². The number of phenolic OH excluding ortho intramolecular Hbond substituents is 1. The summed E-state index contributed by atoms with van der Waals surface area (Å²) in [5.74, 6) is -3.50. The van der Waals surface area contributed by atoms with Gasteiger partial charge in [-0.25, -0.2) is 9.52 Å². The molecule has 280 valence electrons. The topological polar surface area (TPSA) is 174 Å². The molecule has 0 spiro atoms. The van der Waals surface area contributed by atoms with Crippen molar-refractivity contribution in [1.82, 2.24) is 15.4 Å². The standard InChI is InChI=1S/C38H48N4O8S2/c1-6-8-19-38(20-9-7-2)37(49)42(25-13-11-10-12-14-25)32-28(52-41-38)21-27(34(51-5)33(32)45)50-22-29(44)39-31(24-15-17-26(43)18-16-24)35(46)40-30(23(3)4)36(47)48/h10-18,21,23,30-31,34,41,43H,6-9,19-20,22H2,1-5H3,(H,39,44)(H,40,46)(H,47,48)/t30-,31+,34?/m0/s1. The lowest BCUT2D eigenvalue weighted by molar-refractivity contribution is -0.143. The molecule has 12 nitrogen and oxygen atoms in total. The fraction of sp³-hybridized carbons (Fsp3) is 0.447. The number of ether oxygens (including phenoxy) is 1. The number of thioether (sulfide) groups is 1. The molecule has 1 unspecified atom stereocenters. The number of nitrogens with zero attached hydrogens (tertiary/aromatic N) is 1. The fourth-order valence-corrected chi connectivity index (χ4v) is 7.84. The van der Waals surface area contributed by atoms with E-state index in [2.05, 4.69) is 29.2 Å². The number of nitrogens with one attached hydrogen (secondary N) is 3. The van der Waals surface area contributed by atoms with E-state index in [0.717, 1.165) is 25.7 Å². The molecule has 0 saturated heterocycles. The molecule has 0 fully saturated rings. The van der Waals surface area contributed by atoms with Crippen LogP contribution in [0.1, 0.15) is 77.8 Å². The van der Waals surface area contributed by atoms with Gasteiger partial charge >= 0.3 is 5.97 Å². The van der Waals surface area contributed by atoms with Gasteiger partial charge in [-0.15, -0.1) is 11.8 Å². The molecule has 3 amide bonds. The van der Waals surface area contributed by atoms with Gasteiger partial charge in [-0.05, 0) is 72.9 Å². The van der Waals surface area contributed by atoms with Crippen LogP contribution in [0.15, 0.2) is 77.0 Å². The van der Waals surface area contributed by atoms with Crippen molar-refractivity contribution in [3.05, 3.63) is 82.6 Å². The van der Waals surface area contributed by atoms with E-state index < -0.39 is 53.2 Å². The summed E-state index contributed by atoms with van der Waals surface area (Å²) in [6.45, 7) is 6.89. The van der Waals surface area contributed by atoms with Gasteiger partial charge in [0.25, 0.3) is 11.8 Å². The Labute approximate surface area is 313 Å². The predicted octanol–water partition coefficient (Wildman–Crippen LogP) is 5.61. The van der Waals surface area contributed by atoms with Crippen LogP contribution in [0, 0.1) is 5.92 Å². The number of aromatic hydroxyl groups is 1. The number of carbonyl (C=O) groups excluding carboxylic acids is 4. The normalized spacial score (nSPS) is 18.2. The average Bonchev–Trinajstić information content (AvgIpc) is 3.24. The molecule has 0 saturated carbocycles. The van der Waals surface area contributed by atoms with E-state index in [0.29, 0.717) is 29.0 Å². The molecule has 0 bridgehead atoms. The Hall–Kier alpha value is -4.27. The molecule has 4 rings (SSSR count). The minimum atomic E-state index is -1.31. The fourth-order valence-electron chi connectivity index (χ4n) is 6.09. The lowest BCUT2D eigenvalue weighted by Crippen LogP contribution is -2.55. The smallest absolute Gasteiger partial charge is 0.326 e. The molecule has 2 aromatic rings. The highest BCUT2D eigenvalue weighted by Gasteiger charge is 2.48. The number of Topliss-reactive ketones (excluding diaryl/α,β-unsaturated/α-hetero) is 1. The molecule has 14 heteroatoms. The van der Waals surface area contributed by atoms with Crippen LogP contribution in [-0.4, -0.2) is 69.4 Å². The van der Waals surface area contributed by atoms with E-state index >= 15 is 0 Å². The van der Waals surface area contributed by atoms with Crippen LogP contribution in [0.2, 0.25) is 0 Å². The number of hydrogen-bond acceptors (Lipinski definition) is 10. The first kappa shape index (κ1) is 40.5. The largest absolute Gasteiger partial charge is 0.508 e. The number of para-hydroxylation sites is 1. The number of amides is 3. The Balaban J connectivity index is 1.65. The summed E-state index contributed by atoms with van der Waals surface area (Å²) in [6, 6.07) is 12.2. The van der Waals surface area contributed by atoms with Crippen LogP contribution in [0.25, 0.3) is 0 Å². The molecule has 0 radical (unpaired) electrons. The highest BCUT2D eigenvalue weighted by Crippen LogP contribution is 2.43. The van der Waals surface area contributed by atoms with E-state index in [4.69, 9.17) is 4.74 Å². The number of benzene rings is 2. The summed E-state index contributed by atoms with van der Waals surface area (Å²) in [4.78, 5) is 69.7. The van der Waals surface area contributed by atoms with E-state index in [1.54, 1.807) is 31.1 Å². The van der Waals surface area contributed by atoms with Crippen molar-refractivity contribution in [1.29, 1.82) is 0 Å². The van der Waals surface area contributed by atoms with Gasteiger partial charge in [0, 0.05) is 5.69 Å². The van der Waals surface area contributed by atoms with Crippen LogP contribution < -0.4 is 20.3 Å². The van der Waals surface area contributed by atoms with Crippen LogP contribution in [0.5, 0.6) is 5.75 Å². The van der Waals surface area contributed by atoms with Crippen molar-refractivity contribution in [3.8, 4) is 5.75 Å². The molecule has 0 aromatic heterocycles. The number of carbonyl (C=O) groups is 5. The van der Waals surface area contributed by atoms with Gasteiger partial charge in [-0.1, -0.05) is 83.7 Å². The second kappa shape index (κ2) is 18.5. The average molecular weight is 753 g/mol. The summed E-state index contributed by atoms with van der Waals surface area (Å²) in [5.41, 5.74) is 0.198. The van der Waals surface area contributed by atoms with Crippen molar-refractivity contribution in [3.63, 3.8) is 0 Å². The van der Waals surface area contributed by atoms with Crippen LogP contribution in [0.4, 0.5) is 5.69 Å². The van der Waals surface area contributed by atoms with Gasteiger partial charge in [-0.3, -0.25) is 24.1 Å². The van der Waals surface area contributed by atoms with Crippen molar-refractivity contribution in [2.45, 2.75) is 89.1 Å². The first-order valence-electron chi connectivity index (χ1n) is 17.5. The highest BCUT2D eigenvalue weighted by molar-refractivity contribution is 8.01. The third-order valence-electron chi connectivity index (χ3n) is 8.99. The van der Waals surface area contributed by atoms with Crippen molar-refractivity contribution < 1.29 is 38.9 Å². The minimum Gasteiger partial charge on any atom is -0.508 e. The summed E-state index contributed by atoms with van der Waals surface area (Å²) >= 11 is 2.43. The zero-order valence-corrected chi connectivity index (χ0v) is 31.8. The molecule has 1 heterocycles. The SMILES string of the molecule is CCCCC1(CCCC)NSC2=C(C(=O)C(SC)C(OCC(=O)N[C@@H](C(=O)N[C@H](C(=O)O)C(C)C)c3ccc(O)cc3)=C2)N(c2ccccc2)C1=O. The van der Waals surface area contributed by atoms with E-state index in [-0.39, 0.29) is 28.9 Å². The van der Waals surface area contributed by atoms with Gasteiger partial charge in [0.1, 0.15) is 40.1 Å². The Morgan fingerprint density at radius 1 is 1.00 bits per heavy atom. The highest BCUT2D eigenvalue weighted by atomic mass is 32.2. The third-order valence-corrected chi connectivity index (χ3v) is 10.9. The number of ketones is 1. The van der Waals surface area contributed by atoms with E-state index in [9.17, 15) is 34.2 Å². The number of phenols is 1. The predicted molar refractivity (Wildman–Crippen MR) is 203 cm³/mol. The molecule has 5 N–H and O–H groups in total. The number of rotatable bonds is 17. The lowest BCUT2D eigenvalue weighted by Gasteiger charge is -2.36. The lowest BCUT2D eigenvalue weighted by atomic mass is 9.86. The van der Waals surface area contributed by atoms with Crippen LogP contribution in [0.3, 0.4) is 0 Å². The zero-order chi connectivity index (χ0) is 38.0. The number of carboxylic acids is 1. The Morgan fingerprint density at radius 2 is 1.63 bits per heavy atom. The number of unbranched alkanes of at least 4 members (excludes halogenated alkanes) is 2. The van der Waals surface area contributed by atoms with Gasteiger partial charge in [0.15, 0.2) is 6.61 Å². The van der Waals surface area contributed by atoms with Crippen molar-refractivity contribution >= 4 is 58.9 Å². The van der Waals surface area contributed by atoms with Crippen LogP contribution in [-0.2, 0) is 28.7 Å². The Kier molecular flexibility index (Phi) is 14.4.